The molecule has 4 amide bonds. The molecule has 2 aliphatic carbocycles. The highest BCUT2D eigenvalue weighted by Crippen LogP contribution is 2.59. The minimum absolute atomic E-state index is 0.0816. The number of aromatic nitrogens is 4. The van der Waals surface area contributed by atoms with Gasteiger partial charge in [0.05, 0.1) is 43.0 Å². The number of carbonyl (C=O) groups excluding carboxylic acids is 3. The summed E-state index contributed by atoms with van der Waals surface area (Å²) in [6.45, 7) is 4.38. The van der Waals surface area contributed by atoms with Crippen LogP contribution in [0.4, 0.5) is 9.59 Å². The summed E-state index contributed by atoms with van der Waals surface area (Å²) in [5, 5.41) is 14.0. The topological polar surface area (TPSA) is 186 Å². The number of carbonyl (C=O) groups is 4. The van der Waals surface area contributed by atoms with Crippen molar-refractivity contribution in [3.05, 3.63) is 71.6 Å². The Hall–Kier alpha value is -5.66. The number of amides is 4. The molecule has 2 aromatic heterocycles. The molecule has 4 heterocycles. The lowest BCUT2D eigenvalue weighted by atomic mass is 9.62. The minimum atomic E-state index is -1.22. The Morgan fingerprint density at radius 3 is 1.72 bits per heavy atom. The van der Waals surface area contributed by atoms with Crippen molar-refractivity contribution < 1.29 is 29.0 Å². The van der Waals surface area contributed by atoms with Gasteiger partial charge in [0.1, 0.15) is 23.7 Å². The highest BCUT2D eigenvalue weighted by Gasteiger charge is 2.48. The van der Waals surface area contributed by atoms with Crippen molar-refractivity contribution >= 4 is 24.0 Å². The average molecular weight is 721 g/mol. The molecule has 3 fully saturated rings. The number of nitrogens with zero attached hydrogens (tertiary/aromatic N) is 4. The molecule has 14 heteroatoms. The molecule has 5 N–H and O–H groups in total. The number of rotatable bonds is 8. The van der Waals surface area contributed by atoms with Gasteiger partial charge < -0.3 is 40.2 Å². The molecule has 4 atom stereocenters. The molecule has 4 aromatic rings. The third kappa shape index (κ3) is 5.89. The number of hydrogen-bond acceptors (Lipinski definition) is 7. The standard InChI is InChI=1S/C39H44N8O6/c1-21(42-37(50)51)35(48)46-15-4-7-31(46)33-40-19-29(44-33)23-9-11-25-26-12-10-24(18-28(26)39(13-6-14-39)27(25)17-23)30-20-41-34(45-30)32-8-5-16-47(32)36(49)22(2)43-38(52)53-3/h9-12,17-22,31-32,42H,4-8,13-16H2,1-3H3,(H,40,44)(H,41,45)(H,43,52)(H,50,51)/t21?,22-,31-,32-/m0/s1. The van der Waals surface area contributed by atoms with Crippen LogP contribution >= 0.6 is 0 Å². The molecule has 1 saturated carbocycles. The molecule has 1 unspecified atom stereocenters. The van der Waals surface area contributed by atoms with E-state index in [1.807, 2.05) is 12.4 Å². The van der Waals surface area contributed by atoms with Crippen LogP contribution in [0.1, 0.15) is 93.7 Å². The number of aromatic amines is 2. The van der Waals surface area contributed by atoms with Crippen molar-refractivity contribution in [3.8, 4) is 33.6 Å². The van der Waals surface area contributed by atoms with E-state index in [2.05, 4.69) is 61.7 Å². The summed E-state index contributed by atoms with van der Waals surface area (Å²) in [6.07, 6.45) is 8.29. The summed E-state index contributed by atoms with van der Waals surface area (Å²) in [5.74, 6) is 1.02. The Balaban J connectivity index is 1.03. The fourth-order valence-corrected chi connectivity index (χ4v) is 8.88. The molecule has 53 heavy (non-hydrogen) atoms. The number of H-pyrrole nitrogens is 2. The van der Waals surface area contributed by atoms with Crippen LogP contribution in [-0.4, -0.2) is 91.1 Å². The predicted molar refractivity (Wildman–Crippen MR) is 195 cm³/mol. The van der Waals surface area contributed by atoms with Crippen molar-refractivity contribution in [2.75, 3.05) is 20.2 Å². The number of methoxy groups -OCH3 is 1. The molecular formula is C39H44N8O6. The Labute approximate surface area is 306 Å². The van der Waals surface area contributed by atoms with Gasteiger partial charge >= 0.3 is 12.2 Å². The van der Waals surface area contributed by atoms with Crippen molar-refractivity contribution in [1.29, 1.82) is 0 Å². The second-order valence-corrected chi connectivity index (χ2v) is 14.7. The second kappa shape index (κ2) is 13.4. The Bertz CT molecular complexity index is 2100. The van der Waals surface area contributed by atoms with Gasteiger partial charge in [0.25, 0.3) is 0 Å². The van der Waals surface area contributed by atoms with Gasteiger partial charge in [0.2, 0.25) is 11.8 Å². The number of benzene rings is 2. The molecule has 8 rings (SSSR count). The largest absolute Gasteiger partial charge is 0.465 e. The minimum Gasteiger partial charge on any atom is -0.465 e. The zero-order valence-corrected chi connectivity index (χ0v) is 30.1. The summed E-state index contributed by atoms with van der Waals surface area (Å²) in [4.78, 5) is 69.2. The Morgan fingerprint density at radius 1 is 0.792 bits per heavy atom. The molecule has 4 aliphatic rings. The van der Waals surface area contributed by atoms with Gasteiger partial charge in [-0.05, 0) is 97.9 Å². The maximum atomic E-state index is 13.2. The van der Waals surface area contributed by atoms with Crippen molar-refractivity contribution in [2.45, 2.75) is 88.4 Å². The van der Waals surface area contributed by atoms with Gasteiger partial charge in [-0.3, -0.25) is 9.59 Å². The lowest BCUT2D eigenvalue weighted by Crippen LogP contribution is -2.46. The summed E-state index contributed by atoms with van der Waals surface area (Å²) in [5.41, 5.74) is 8.88. The first kappa shape index (κ1) is 34.4. The SMILES string of the molecule is COC(=O)N[C@@H](C)C(=O)N1CCC[C@H]1c1ncc(-c2ccc3c(c2)C2(CCC2)c2cc(-c4cnc([C@@H]5CCCN5C(=O)C(C)NC(=O)O)[nH]4)ccc2-3)[nH]1. The molecule has 2 aromatic carbocycles. The van der Waals surface area contributed by atoms with Crippen LogP contribution in [-0.2, 0) is 19.7 Å². The first-order valence-electron chi connectivity index (χ1n) is 18.4. The number of nitrogens with one attached hydrogen (secondary N) is 4. The van der Waals surface area contributed by atoms with E-state index in [-0.39, 0.29) is 29.3 Å². The fourth-order valence-electron chi connectivity index (χ4n) is 8.88. The zero-order valence-electron chi connectivity index (χ0n) is 30.1. The van der Waals surface area contributed by atoms with Crippen molar-refractivity contribution in [3.63, 3.8) is 0 Å². The van der Waals surface area contributed by atoms with E-state index in [1.165, 1.54) is 29.4 Å². The van der Waals surface area contributed by atoms with Gasteiger partial charge in [-0.1, -0.05) is 30.7 Å². The fraction of sp³-hybridized carbons (Fsp3) is 0.436. The molecule has 0 radical (unpaired) electrons. The maximum absolute atomic E-state index is 13.2. The molecule has 276 valence electrons. The number of likely N-dealkylation sites (tertiary alicyclic amines) is 2. The highest BCUT2D eigenvalue weighted by atomic mass is 16.5. The van der Waals surface area contributed by atoms with E-state index in [1.54, 1.807) is 23.6 Å². The Kier molecular flexibility index (Phi) is 8.70. The molecule has 1 spiro atoms. The van der Waals surface area contributed by atoms with Gasteiger partial charge in [-0.2, -0.15) is 0 Å². The van der Waals surface area contributed by atoms with Gasteiger partial charge in [0.15, 0.2) is 0 Å². The van der Waals surface area contributed by atoms with E-state index in [0.29, 0.717) is 18.9 Å². The highest BCUT2D eigenvalue weighted by molar-refractivity contribution is 5.87. The van der Waals surface area contributed by atoms with Crippen molar-refractivity contribution in [2.24, 2.45) is 0 Å². The predicted octanol–water partition coefficient (Wildman–Crippen LogP) is 5.64. The Morgan fingerprint density at radius 2 is 1.28 bits per heavy atom. The first-order chi connectivity index (χ1) is 25.6. The van der Waals surface area contributed by atoms with E-state index in [0.717, 1.165) is 73.3 Å². The van der Waals surface area contributed by atoms with Crippen LogP contribution < -0.4 is 10.6 Å². The van der Waals surface area contributed by atoms with Crippen LogP contribution in [0, 0.1) is 0 Å². The zero-order chi connectivity index (χ0) is 37.0. The number of imidazole rings is 2. The van der Waals surface area contributed by atoms with Crippen LogP contribution in [0.5, 0.6) is 0 Å². The van der Waals surface area contributed by atoms with Crippen LogP contribution in [0.15, 0.2) is 48.8 Å². The molecule has 2 saturated heterocycles. The number of carboxylic acid groups (broad SMARTS) is 1. The third-order valence-corrected chi connectivity index (χ3v) is 11.7. The quantitative estimate of drug-likeness (QED) is 0.155. The first-order valence-corrected chi connectivity index (χ1v) is 18.4. The van der Waals surface area contributed by atoms with E-state index < -0.39 is 24.3 Å². The van der Waals surface area contributed by atoms with E-state index >= 15 is 0 Å². The smallest absolute Gasteiger partial charge is 0.407 e. The maximum Gasteiger partial charge on any atom is 0.407 e. The monoisotopic (exact) mass is 720 g/mol. The number of alkyl carbamates (subject to hydrolysis) is 1. The normalized spacial score (nSPS) is 20.7. The van der Waals surface area contributed by atoms with Crippen molar-refractivity contribution in [1.82, 2.24) is 40.4 Å². The molecule has 0 bridgehead atoms. The van der Waals surface area contributed by atoms with Gasteiger partial charge in [-0.25, -0.2) is 19.6 Å². The summed E-state index contributed by atoms with van der Waals surface area (Å²) in [6, 6.07) is 11.3. The molecule has 14 nitrogen and oxygen atoms in total. The average Bonchev–Trinajstić information content (AvgIpc) is 3.97. The second-order valence-electron chi connectivity index (χ2n) is 14.7. The van der Waals surface area contributed by atoms with Crippen LogP contribution in [0.2, 0.25) is 0 Å². The summed E-state index contributed by atoms with van der Waals surface area (Å²) in [7, 11) is 1.28. The van der Waals surface area contributed by atoms with Gasteiger partial charge in [-0.15, -0.1) is 0 Å². The number of hydrogen-bond donors (Lipinski definition) is 5. The molecular weight excluding hydrogens is 676 g/mol. The van der Waals surface area contributed by atoms with Crippen LogP contribution in [0.3, 0.4) is 0 Å². The third-order valence-electron chi connectivity index (χ3n) is 11.7. The van der Waals surface area contributed by atoms with Crippen LogP contribution in [0.25, 0.3) is 33.6 Å². The van der Waals surface area contributed by atoms with E-state index in [4.69, 9.17) is 15.1 Å². The summed E-state index contributed by atoms with van der Waals surface area (Å²) >= 11 is 0. The molecule has 2 aliphatic heterocycles. The lowest BCUT2D eigenvalue weighted by molar-refractivity contribution is -0.134. The number of fused-ring (bicyclic) bond motifs is 5. The lowest BCUT2D eigenvalue weighted by Gasteiger charge is -2.41. The number of ether oxygens (including phenoxy) is 1. The van der Waals surface area contributed by atoms with Gasteiger partial charge in [0, 0.05) is 18.5 Å². The summed E-state index contributed by atoms with van der Waals surface area (Å²) < 4.78 is 4.68. The van der Waals surface area contributed by atoms with E-state index in [9.17, 15) is 19.2 Å².